The van der Waals surface area contributed by atoms with Crippen molar-refractivity contribution in [1.29, 1.82) is 0 Å². The van der Waals surface area contributed by atoms with Crippen molar-refractivity contribution in [3.8, 4) is 5.75 Å². The molecule has 1 N–H and O–H groups in total. The van der Waals surface area contributed by atoms with Crippen molar-refractivity contribution < 1.29 is 14.8 Å². The van der Waals surface area contributed by atoms with Crippen molar-refractivity contribution in [2.24, 2.45) is 0 Å². The summed E-state index contributed by atoms with van der Waals surface area (Å²) in [5.41, 5.74) is 0.312. The second-order valence-electron chi connectivity index (χ2n) is 3.71. The highest BCUT2D eigenvalue weighted by Gasteiger charge is 2.16. The van der Waals surface area contributed by atoms with Gasteiger partial charge in [0, 0.05) is 10.9 Å². The molecule has 0 aliphatic heterocycles. The van der Waals surface area contributed by atoms with Gasteiger partial charge in [-0.2, -0.15) is 0 Å². The molecule has 1 aromatic heterocycles. The standard InChI is InChI=1S/C12H10ClNO4S/c13-12-4-2-9(19-12)7-18-11-3-1-8(6-15)5-10(11)14(16)17/h1-5,15H,6-7H2. The van der Waals surface area contributed by atoms with E-state index in [4.69, 9.17) is 21.4 Å². The van der Waals surface area contributed by atoms with Gasteiger partial charge in [-0.25, -0.2) is 0 Å². The first-order valence-corrected chi connectivity index (χ1v) is 6.55. The molecule has 0 saturated carbocycles. The van der Waals surface area contributed by atoms with Gasteiger partial charge in [0.25, 0.3) is 0 Å². The highest BCUT2D eigenvalue weighted by molar-refractivity contribution is 7.16. The zero-order valence-electron chi connectivity index (χ0n) is 9.71. The van der Waals surface area contributed by atoms with Crippen LogP contribution < -0.4 is 4.74 Å². The van der Waals surface area contributed by atoms with Gasteiger partial charge in [0.05, 0.1) is 15.9 Å². The molecule has 0 atom stereocenters. The van der Waals surface area contributed by atoms with Gasteiger partial charge in [0.2, 0.25) is 0 Å². The summed E-state index contributed by atoms with van der Waals surface area (Å²) in [6.45, 7) is -0.0294. The van der Waals surface area contributed by atoms with Gasteiger partial charge in [-0.1, -0.05) is 17.7 Å². The van der Waals surface area contributed by atoms with Gasteiger partial charge in [-0.05, 0) is 23.8 Å². The summed E-state index contributed by atoms with van der Waals surface area (Å²) in [5.74, 6) is 0.173. The number of ether oxygens (including phenoxy) is 1. The lowest BCUT2D eigenvalue weighted by molar-refractivity contribution is -0.386. The van der Waals surface area contributed by atoms with E-state index in [1.54, 1.807) is 18.2 Å². The highest BCUT2D eigenvalue weighted by atomic mass is 35.5. The molecule has 0 radical (unpaired) electrons. The zero-order chi connectivity index (χ0) is 13.8. The summed E-state index contributed by atoms with van der Waals surface area (Å²) >= 11 is 7.15. The Hall–Kier alpha value is -1.63. The Morgan fingerprint density at radius 3 is 2.74 bits per heavy atom. The molecule has 100 valence electrons. The molecule has 5 nitrogen and oxygen atoms in total. The third kappa shape index (κ3) is 3.44. The minimum Gasteiger partial charge on any atom is -0.481 e. The lowest BCUT2D eigenvalue weighted by Gasteiger charge is -2.06. The Morgan fingerprint density at radius 2 is 2.16 bits per heavy atom. The Morgan fingerprint density at radius 1 is 1.37 bits per heavy atom. The third-order valence-corrected chi connectivity index (χ3v) is 3.61. The van der Waals surface area contributed by atoms with Crippen LogP contribution in [0.1, 0.15) is 10.4 Å². The number of benzene rings is 1. The molecule has 2 rings (SSSR count). The Kier molecular flexibility index (Phi) is 4.36. The molecule has 0 saturated heterocycles. The first kappa shape index (κ1) is 13.8. The van der Waals surface area contributed by atoms with Gasteiger partial charge in [-0.3, -0.25) is 10.1 Å². The summed E-state index contributed by atoms with van der Waals surface area (Å²) in [5, 5.41) is 19.9. The molecule has 0 aliphatic carbocycles. The van der Waals surface area contributed by atoms with E-state index in [1.165, 1.54) is 23.5 Å². The van der Waals surface area contributed by atoms with Gasteiger partial charge >= 0.3 is 5.69 Å². The number of aliphatic hydroxyl groups excluding tert-OH is 1. The number of nitrogens with zero attached hydrogens (tertiary/aromatic N) is 1. The number of nitro groups is 1. The molecule has 19 heavy (non-hydrogen) atoms. The molecule has 0 aliphatic rings. The van der Waals surface area contributed by atoms with E-state index < -0.39 is 4.92 Å². The number of rotatable bonds is 5. The van der Waals surface area contributed by atoms with Crippen molar-refractivity contribution in [2.75, 3.05) is 0 Å². The minimum absolute atomic E-state index is 0.158. The molecule has 0 amide bonds. The topological polar surface area (TPSA) is 72.6 Å². The van der Waals surface area contributed by atoms with Gasteiger partial charge < -0.3 is 9.84 Å². The molecule has 1 aromatic carbocycles. The lowest BCUT2D eigenvalue weighted by Crippen LogP contribution is -1.99. The van der Waals surface area contributed by atoms with Crippen LogP contribution in [-0.2, 0) is 13.2 Å². The molecule has 0 spiro atoms. The summed E-state index contributed by atoms with van der Waals surface area (Å²) < 4.78 is 6.07. The van der Waals surface area contributed by atoms with E-state index in [0.29, 0.717) is 9.90 Å². The van der Waals surface area contributed by atoms with Crippen molar-refractivity contribution in [3.05, 3.63) is 55.2 Å². The van der Waals surface area contributed by atoms with Crippen LogP contribution >= 0.6 is 22.9 Å². The normalized spacial score (nSPS) is 10.4. The smallest absolute Gasteiger partial charge is 0.311 e. The number of nitro benzene ring substituents is 1. The van der Waals surface area contributed by atoms with Gasteiger partial charge in [0.15, 0.2) is 5.75 Å². The predicted octanol–water partition coefficient (Wildman–Crippen LogP) is 3.38. The van der Waals surface area contributed by atoms with Gasteiger partial charge in [-0.15, -0.1) is 11.3 Å². The van der Waals surface area contributed by atoms with Crippen molar-refractivity contribution in [2.45, 2.75) is 13.2 Å². The van der Waals surface area contributed by atoms with E-state index in [1.807, 2.05) is 0 Å². The van der Waals surface area contributed by atoms with E-state index in [0.717, 1.165) is 4.88 Å². The average molecular weight is 300 g/mol. The monoisotopic (exact) mass is 299 g/mol. The molecule has 1 heterocycles. The van der Waals surface area contributed by atoms with Crippen LogP contribution in [0.4, 0.5) is 5.69 Å². The maximum absolute atomic E-state index is 10.9. The fourth-order valence-corrected chi connectivity index (χ4v) is 2.51. The average Bonchev–Trinajstić information content (AvgIpc) is 2.82. The van der Waals surface area contributed by atoms with Crippen molar-refractivity contribution in [1.82, 2.24) is 0 Å². The molecule has 2 aromatic rings. The highest BCUT2D eigenvalue weighted by Crippen LogP contribution is 2.30. The largest absolute Gasteiger partial charge is 0.481 e. The maximum atomic E-state index is 10.9. The van der Waals surface area contributed by atoms with E-state index in [9.17, 15) is 10.1 Å². The summed E-state index contributed by atoms with van der Waals surface area (Å²) in [6, 6.07) is 7.93. The number of hydrogen-bond acceptors (Lipinski definition) is 5. The fourth-order valence-electron chi connectivity index (χ4n) is 1.50. The molecular formula is C12H10ClNO4S. The van der Waals surface area contributed by atoms with Crippen molar-refractivity contribution >= 4 is 28.6 Å². The Balaban J connectivity index is 2.17. The predicted molar refractivity (Wildman–Crippen MR) is 72.7 cm³/mol. The van der Waals surface area contributed by atoms with Crippen LogP contribution in [0.5, 0.6) is 5.75 Å². The van der Waals surface area contributed by atoms with E-state index in [-0.39, 0.29) is 24.7 Å². The third-order valence-electron chi connectivity index (χ3n) is 2.40. The first-order valence-electron chi connectivity index (χ1n) is 5.35. The van der Waals surface area contributed by atoms with Crippen LogP contribution in [0.2, 0.25) is 4.34 Å². The van der Waals surface area contributed by atoms with Crippen LogP contribution in [-0.4, -0.2) is 10.0 Å². The Bertz CT molecular complexity index is 599. The number of aliphatic hydroxyl groups is 1. The van der Waals surface area contributed by atoms with Crippen molar-refractivity contribution in [3.63, 3.8) is 0 Å². The number of halogens is 1. The SMILES string of the molecule is O=[N+]([O-])c1cc(CO)ccc1OCc1ccc(Cl)s1. The first-order chi connectivity index (χ1) is 9.10. The van der Waals surface area contributed by atoms with Gasteiger partial charge in [0.1, 0.15) is 6.61 Å². The quantitative estimate of drug-likeness (QED) is 0.678. The molecule has 7 heteroatoms. The van der Waals surface area contributed by atoms with Crippen LogP contribution in [0.3, 0.4) is 0 Å². The number of thiophene rings is 1. The second-order valence-corrected chi connectivity index (χ2v) is 5.51. The van der Waals surface area contributed by atoms with Crippen LogP contribution in [0.15, 0.2) is 30.3 Å². The zero-order valence-corrected chi connectivity index (χ0v) is 11.3. The fraction of sp³-hybridized carbons (Fsp3) is 0.167. The lowest BCUT2D eigenvalue weighted by atomic mass is 10.2. The van der Waals surface area contributed by atoms with E-state index in [2.05, 4.69) is 0 Å². The van der Waals surface area contributed by atoms with Crippen LogP contribution in [0, 0.1) is 10.1 Å². The summed E-state index contributed by atoms with van der Waals surface area (Å²) in [6.07, 6.45) is 0. The second kappa shape index (κ2) is 6.01. The molecular weight excluding hydrogens is 290 g/mol. The molecule has 0 fully saturated rings. The van der Waals surface area contributed by atoms with Crippen LogP contribution in [0.25, 0.3) is 0 Å². The summed E-state index contributed by atoms with van der Waals surface area (Å²) in [4.78, 5) is 11.3. The van der Waals surface area contributed by atoms with E-state index >= 15 is 0 Å². The molecule has 0 bridgehead atoms. The molecule has 0 unspecified atom stereocenters. The Labute approximate surface area is 118 Å². The number of hydrogen-bond donors (Lipinski definition) is 1. The minimum atomic E-state index is -0.532. The maximum Gasteiger partial charge on any atom is 0.311 e. The summed E-state index contributed by atoms with van der Waals surface area (Å²) in [7, 11) is 0.